The molecule has 5 aromatic rings. The zero-order chi connectivity index (χ0) is 34.4. The molecule has 3 heterocycles. The molecule has 0 atom stereocenters. The van der Waals surface area contributed by atoms with Crippen molar-refractivity contribution in [2.45, 2.75) is 41.2 Å². The summed E-state index contributed by atoms with van der Waals surface area (Å²) in [5.41, 5.74) is 8.31. The Hall–Kier alpha value is -5.90. The molecular formula is C38H38N6O4. The summed E-state index contributed by atoms with van der Waals surface area (Å²) in [6, 6.07) is 18.6. The normalized spacial score (nSPS) is 11.0. The number of aromatic nitrogens is 3. The first-order valence-corrected chi connectivity index (χ1v) is 15.5. The Bertz CT molecular complexity index is 2040. The number of likely N-dealkylation sites (N-methyl/N-ethyl adjacent to an activating group) is 1. The number of amides is 3. The smallest absolute Gasteiger partial charge is 0.258 e. The monoisotopic (exact) mass is 642 g/mol. The van der Waals surface area contributed by atoms with Crippen LogP contribution in [0.4, 0.5) is 11.5 Å². The maximum absolute atomic E-state index is 13.1. The summed E-state index contributed by atoms with van der Waals surface area (Å²) < 4.78 is 6.30. The third-order valence-electron chi connectivity index (χ3n) is 8.17. The number of rotatable bonds is 10. The van der Waals surface area contributed by atoms with Crippen LogP contribution in [-0.4, -0.2) is 46.3 Å². The van der Waals surface area contributed by atoms with Crippen molar-refractivity contribution in [3.63, 3.8) is 0 Å². The van der Waals surface area contributed by atoms with E-state index in [0.717, 1.165) is 44.5 Å². The second kappa shape index (κ2) is 14.7. The molecule has 0 unspecified atom stereocenters. The van der Waals surface area contributed by atoms with Crippen molar-refractivity contribution in [1.82, 2.24) is 20.3 Å². The number of aryl methyl sites for hydroxylation is 4. The minimum atomic E-state index is -0.426. The van der Waals surface area contributed by atoms with Crippen LogP contribution in [0.1, 0.15) is 49.6 Å². The number of para-hydroxylation sites is 1. The van der Waals surface area contributed by atoms with E-state index < -0.39 is 5.91 Å². The van der Waals surface area contributed by atoms with Crippen LogP contribution < -0.4 is 20.3 Å². The first-order valence-electron chi connectivity index (χ1n) is 15.5. The molecule has 0 saturated carbocycles. The molecule has 10 nitrogen and oxygen atoms in total. The summed E-state index contributed by atoms with van der Waals surface area (Å²) in [6.45, 7) is 9.91. The van der Waals surface area contributed by atoms with Gasteiger partial charge < -0.3 is 20.3 Å². The summed E-state index contributed by atoms with van der Waals surface area (Å²) >= 11 is 0. The van der Waals surface area contributed by atoms with Crippen molar-refractivity contribution in [1.29, 1.82) is 0 Å². The summed E-state index contributed by atoms with van der Waals surface area (Å²) in [5.74, 6) is 0.0725. The van der Waals surface area contributed by atoms with E-state index in [-0.39, 0.29) is 18.4 Å². The van der Waals surface area contributed by atoms with Gasteiger partial charge in [-0.05, 0) is 111 Å². The molecule has 0 saturated heterocycles. The number of nitrogens with zero attached hydrogens (tertiary/aromatic N) is 4. The Kier molecular flexibility index (Phi) is 10.2. The van der Waals surface area contributed by atoms with Gasteiger partial charge in [0.1, 0.15) is 23.7 Å². The minimum absolute atomic E-state index is 0.184. The van der Waals surface area contributed by atoms with E-state index in [0.29, 0.717) is 35.0 Å². The molecule has 48 heavy (non-hydrogen) atoms. The first-order chi connectivity index (χ1) is 23.0. The Morgan fingerprint density at radius 2 is 1.73 bits per heavy atom. The molecule has 2 N–H and O–H groups in total. The van der Waals surface area contributed by atoms with Gasteiger partial charge in [-0.25, -0.2) is 9.97 Å². The second-order valence-electron chi connectivity index (χ2n) is 11.6. The van der Waals surface area contributed by atoms with Crippen molar-refractivity contribution in [3.8, 4) is 5.75 Å². The van der Waals surface area contributed by atoms with Crippen LogP contribution >= 0.6 is 0 Å². The number of carbonyl (C=O) groups excluding carboxylic acids is 3. The van der Waals surface area contributed by atoms with E-state index >= 15 is 0 Å². The van der Waals surface area contributed by atoms with E-state index in [1.807, 2.05) is 51.1 Å². The van der Waals surface area contributed by atoms with Crippen LogP contribution in [0.25, 0.3) is 17.0 Å². The molecule has 0 radical (unpaired) electrons. The van der Waals surface area contributed by atoms with Crippen molar-refractivity contribution in [3.05, 3.63) is 124 Å². The first kappa shape index (κ1) is 33.5. The number of anilines is 2. The summed E-state index contributed by atoms with van der Waals surface area (Å²) in [5, 5.41) is 6.44. The number of hydrogen-bond acceptors (Lipinski definition) is 7. The molecule has 0 aliphatic rings. The lowest BCUT2D eigenvalue weighted by atomic mass is 10.0. The molecular weight excluding hydrogens is 604 g/mol. The van der Waals surface area contributed by atoms with Crippen LogP contribution in [0, 0.1) is 34.6 Å². The van der Waals surface area contributed by atoms with Gasteiger partial charge in [0.05, 0.1) is 12.1 Å². The van der Waals surface area contributed by atoms with Crippen molar-refractivity contribution >= 4 is 46.2 Å². The molecule has 0 aliphatic heterocycles. The highest BCUT2D eigenvalue weighted by Gasteiger charge is 2.18. The topological polar surface area (TPSA) is 126 Å². The molecule has 0 spiro atoms. The van der Waals surface area contributed by atoms with E-state index in [1.165, 1.54) is 12.3 Å². The molecule has 0 bridgehead atoms. The second-order valence-corrected chi connectivity index (χ2v) is 11.6. The summed E-state index contributed by atoms with van der Waals surface area (Å²) in [7, 11) is 1.69. The molecule has 3 aromatic heterocycles. The van der Waals surface area contributed by atoms with Gasteiger partial charge in [0.2, 0.25) is 11.8 Å². The van der Waals surface area contributed by atoms with Gasteiger partial charge in [-0.1, -0.05) is 18.2 Å². The number of nitrogens with one attached hydrogen (secondary N) is 2. The highest BCUT2D eigenvalue weighted by atomic mass is 16.5. The van der Waals surface area contributed by atoms with Gasteiger partial charge in [-0.15, -0.1) is 0 Å². The van der Waals surface area contributed by atoms with E-state index in [9.17, 15) is 14.4 Å². The van der Waals surface area contributed by atoms with Crippen LogP contribution in [0.2, 0.25) is 0 Å². The largest absolute Gasteiger partial charge is 0.487 e. The lowest BCUT2D eigenvalue weighted by Gasteiger charge is -2.23. The molecule has 0 aliphatic carbocycles. The maximum Gasteiger partial charge on any atom is 0.258 e. The third-order valence-corrected chi connectivity index (χ3v) is 8.17. The zero-order valence-corrected chi connectivity index (χ0v) is 27.9. The van der Waals surface area contributed by atoms with Crippen LogP contribution in [-0.2, 0) is 16.2 Å². The number of carbonyl (C=O) groups is 3. The fraction of sp³-hybridized carbons (Fsp3) is 0.211. The predicted octanol–water partition coefficient (Wildman–Crippen LogP) is 6.19. The van der Waals surface area contributed by atoms with Gasteiger partial charge in [0, 0.05) is 48.0 Å². The molecule has 2 aromatic carbocycles. The molecule has 10 heteroatoms. The summed E-state index contributed by atoms with van der Waals surface area (Å²) in [4.78, 5) is 52.8. The van der Waals surface area contributed by atoms with Crippen molar-refractivity contribution < 1.29 is 19.1 Å². The quantitative estimate of drug-likeness (QED) is 0.174. The fourth-order valence-corrected chi connectivity index (χ4v) is 5.42. The number of fused-ring (bicyclic) bond motifs is 1. The zero-order valence-electron chi connectivity index (χ0n) is 27.9. The molecule has 244 valence electrons. The van der Waals surface area contributed by atoms with Gasteiger partial charge in [-0.3, -0.25) is 19.4 Å². The average molecular weight is 643 g/mol. The number of hydrogen-bond donors (Lipinski definition) is 2. The van der Waals surface area contributed by atoms with Gasteiger partial charge in [-0.2, -0.15) is 0 Å². The highest BCUT2D eigenvalue weighted by molar-refractivity contribution is 6.04. The molecule has 3 amide bonds. The third kappa shape index (κ3) is 7.72. The van der Waals surface area contributed by atoms with Crippen molar-refractivity contribution in [2.24, 2.45) is 0 Å². The Labute approximate surface area is 279 Å². The van der Waals surface area contributed by atoms with Gasteiger partial charge in [0.15, 0.2) is 0 Å². The van der Waals surface area contributed by atoms with Crippen LogP contribution in [0.3, 0.4) is 0 Å². The van der Waals surface area contributed by atoms with Gasteiger partial charge in [0.25, 0.3) is 5.91 Å². The van der Waals surface area contributed by atoms with E-state index in [4.69, 9.17) is 9.72 Å². The lowest BCUT2D eigenvalue weighted by Crippen LogP contribution is -2.38. The Balaban J connectivity index is 1.17. The molecule has 0 fully saturated rings. The predicted molar refractivity (Wildman–Crippen MR) is 188 cm³/mol. The van der Waals surface area contributed by atoms with E-state index in [1.54, 1.807) is 55.4 Å². The fourth-order valence-electron chi connectivity index (χ4n) is 5.42. The number of pyridine rings is 3. The SMILES string of the molecule is Cc1cc(C)c2cccc(OCc3c(C)ccc(N(C)C(=O)CNC(=O)/C=C/c4ccc(NC(=O)c5cccnc5C)nc4)c3C)c2n1. The number of ether oxygens (including phenoxy) is 1. The highest BCUT2D eigenvalue weighted by Crippen LogP contribution is 2.30. The van der Waals surface area contributed by atoms with Crippen LogP contribution in [0.15, 0.2) is 79.1 Å². The number of benzene rings is 2. The maximum atomic E-state index is 13.1. The van der Waals surface area contributed by atoms with Crippen LogP contribution in [0.5, 0.6) is 5.75 Å². The minimum Gasteiger partial charge on any atom is -0.487 e. The average Bonchev–Trinajstić information content (AvgIpc) is 3.06. The Morgan fingerprint density at radius 1 is 0.917 bits per heavy atom. The standard InChI is InChI=1S/C38H38N6O4/c1-23-12-15-32(26(4)31(23)22-48-33-11-7-9-29-24(2)19-25(3)42-37(29)33)44(6)36(46)21-41-35(45)17-14-28-13-16-34(40-20-28)43-38(47)30-10-8-18-39-27(30)5/h7-20H,21-22H2,1-6H3,(H,41,45)(H,40,43,47)/b17-14+. The van der Waals surface area contributed by atoms with E-state index in [2.05, 4.69) is 33.6 Å². The summed E-state index contributed by atoms with van der Waals surface area (Å²) in [6.07, 6.45) is 6.08. The Morgan fingerprint density at radius 3 is 2.48 bits per heavy atom. The molecule has 5 rings (SSSR count). The van der Waals surface area contributed by atoms with Gasteiger partial charge >= 0.3 is 0 Å². The van der Waals surface area contributed by atoms with Crippen molar-refractivity contribution in [2.75, 3.05) is 23.8 Å². The lowest BCUT2D eigenvalue weighted by molar-refractivity contribution is -0.122.